The van der Waals surface area contributed by atoms with Crippen LogP contribution in [0.3, 0.4) is 0 Å². The van der Waals surface area contributed by atoms with Crippen LogP contribution in [0.25, 0.3) is 0 Å². The Kier molecular flexibility index (Phi) is 3.30. The second-order valence-electron chi connectivity index (χ2n) is 5.58. The molecule has 2 atom stereocenters. The third kappa shape index (κ3) is 2.21. The zero-order valence-corrected chi connectivity index (χ0v) is 11.2. The number of carbonyl (C=O) groups is 1. The molecule has 2 fully saturated rings. The van der Waals surface area contributed by atoms with Crippen LogP contribution in [-0.2, 0) is 0 Å². The van der Waals surface area contributed by atoms with Gasteiger partial charge in [0.05, 0.1) is 0 Å². The number of nitrogens with zero attached hydrogens (tertiary/aromatic N) is 3. The number of likely N-dealkylation sites (tertiary alicyclic amines) is 1. The molecule has 0 radical (unpaired) electrons. The number of oxime groups is 1. The van der Waals surface area contributed by atoms with E-state index in [1.807, 2.05) is 4.90 Å². The molecular formula is C14H18N4O2. The van der Waals surface area contributed by atoms with Crippen molar-refractivity contribution in [1.82, 2.24) is 9.88 Å². The zero-order chi connectivity index (χ0) is 14.1. The van der Waals surface area contributed by atoms with E-state index < -0.39 is 0 Å². The number of pyridine rings is 1. The molecule has 1 saturated heterocycles. The van der Waals surface area contributed by atoms with Gasteiger partial charge < -0.3 is 15.8 Å². The maximum Gasteiger partial charge on any atom is 0.272 e. The van der Waals surface area contributed by atoms with Crippen molar-refractivity contribution in [3.05, 3.63) is 29.6 Å². The quantitative estimate of drug-likeness (QED) is 0.365. The largest absolute Gasteiger partial charge is 0.409 e. The van der Waals surface area contributed by atoms with Crippen molar-refractivity contribution < 1.29 is 10.0 Å². The van der Waals surface area contributed by atoms with E-state index in [0.717, 1.165) is 13.1 Å². The minimum atomic E-state index is -0.0227. The predicted molar refractivity (Wildman–Crippen MR) is 73.5 cm³/mol. The molecule has 1 aliphatic heterocycles. The zero-order valence-electron chi connectivity index (χ0n) is 11.2. The molecule has 1 aromatic rings. The average Bonchev–Trinajstić information content (AvgIpc) is 3.07. The number of rotatable bonds is 2. The van der Waals surface area contributed by atoms with E-state index >= 15 is 0 Å². The molecule has 0 bridgehead atoms. The van der Waals surface area contributed by atoms with Crippen LogP contribution in [0.2, 0.25) is 0 Å². The summed E-state index contributed by atoms with van der Waals surface area (Å²) in [7, 11) is 0. The van der Waals surface area contributed by atoms with E-state index in [4.69, 9.17) is 10.9 Å². The van der Waals surface area contributed by atoms with Crippen molar-refractivity contribution in [2.24, 2.45) is 22.7 Å². The van der Waals surface area contributed by atoms with Crippen LogP contribution in [-0.4, -0.2) is 39.9 Å². The Morgan fingerprint density at radius 1 is 1.35 bits per heavy atom. The highest BCUT2D eigenvalue weighted by Gasteiger charge is 2.38. The van der Waals surface area contributed by atoms with Crippen LogP contribution < -0.4 is 5.73 Å². The van der Waals surface area contributed by atoms with Gasteiger partial charge in [-0.3, -0.25) is 9.78 Å². The van der Waals surface area contributed by atoms with Gasteiger partial charge in [0, 0.05) is 24.8 Å². The van der Waals surface area contributed by atoms with Gasteiger partial charge in [-0.25, -0.2) is 0 Å². The molecule has 0 aromatic carbocycles. The van der Waals surface area contributed by atoms with E-state index in [1.54, 1.807) is 12.1 Å². The summed E-state index contributed by atoms with van der Waals surface area (Å²) in [6.07, 6.45) is 5.23. The van der Waals surface area contributed by atoms with Crippen LogP contribution >= 0.6 is 0 Å². The first-order chi connectivity index (χ1) is 9.69. The van der Waals surface area contributed by atoms with Crippen molar-refractivity contribution >= 4 is 11.7 Å². The average molecular weight is 274 g/mol. The lowest BCUT2D eigenvalue weighted by molar-refractivity contribution is 0.0775. The molecule has 6 heteroatoms. The van der Waals surface area contributed by atoms with Gasteiger partial charge in [-0.1, -0.05) is 11.6 Å². The lowest BCUT2D eigenvalue weighted by Gasteiger charge is -2.16. The summed E-state index contributed by atoms with van der Waals surface area (Å²) in [5.74, 6) is 1.32. The van der Waals surface area contributed by atoms with Gasteiger partial charge >= 0.3 is 0 Å². The van der Waals surface area contributed by atoms with Gasteiger partial charge in [-0.15, -0.1) is 0 Å². The van der Waals surface area contributed by atoms with Gasteiger partial charge in [-0.2, -0.15) is 0 Å². The second-order valence-corrected chi connectivity index (χ2v) is 5.58. The van der Waals surface area contributed by atoms with Gasteiger partial charge in [0.1, 0.15) is 5.69 Å². The van der Waals surface area contributed by atoms with Crippen molar-refractivity contribution in [2.75, 3.05) is 13.1 Å². The van der Waals surface area contributed by atoms with Gasteiger partial charge in [0.15, 0.2) is 5.84 Å². The maximum absolute atomic E-state index is 12.4. The van der Waals surface area contributed by atoms with E-state index in [1.165, 1.54) is 25.5 Å². The molecule has 3 rings (SSSR count). The molecule has 6 nitrogen and oxygen atoms in total. The molecule has 3 N–H and O–H groups in total. The van der Waals surface area contributed by atoms with Crippen LogP contribution in [0.1, 0.15) is 35.3 Å². The van der Waals surface area contributed by atoms with Crippen molar-refractivity contribution in [2.45, 2.75) is 19.3 Å². The normalized spacial score (nSPS) is 25.8. The number of amidine groups is 1. The van der Waals surface area contributed by atoms with Crippen molar-refractivity contribution in [1.29, 1.82) is 0 Å². The number of aromatic nitrogens is 1. The summed E-state index contributed by atoms with van der Waals surface area (Å²) in [6, 6.07) is 3.27. The second kappa shape index (κ2) is 5.11. The predicted octanol–water partition coefficient (Wildman–Crippen LogP) is 1.05. The standard InChI is InChI=1S/C14H18N4O2/c15-13(17-20)9-4-5-12(16-6-9)14(19)18-7-10-2-1-3-11(10)8-18/h4-6,10-11,20H,1-3,7-8H2,(H2,15,17). The maximum atomic E-state index is 12.4. The summed E-state index contributed by atoms with van der Waals surface area (Å²) in [6.45, 7) is 1.71. The number of nitrogens with two attached hydrogens (primary N) is 1. The fourth-order valence-electron chi connectivity index (χ4n) is 3.29. The fourth-order valence-corrected chi connectivity index (χ4v) is 3.29. The molecule has 2 heterocycles. The number of carbonyl (C=O) groups excluding carboxylic acids is 1. The summed E-state index contributed by atoms with van der Waals surface area (Å²) < 4.78 is 0. The summed E-state index contributed by atoms with van der Waals surface area (Å²) in [5.41, 5.74) is 6.39. The van der Waals surface area contributed by atoms with E-state index in [9.17, 15) is 4.79 Å². The smallest absolute Gasteiger partial charge is 0.272 e. The Bertz CT molecular complexity index is 529. The number of hydrogen-bond acceptors (Lipinski definition) is 4. The molecule has 1 amide bonds. The summed E-state index contributed by atoms with van der Waals surface area (Å²) in [4.78, 5) is 18.4. The van der Waals surface area contributed by atoms with Crippen molar-refractivity contribution in [3.63, 3.8) is 0 Å². The number of fused-ring (bicyclic) bond motifs is 1. The van der Waals surface area contributed by atoms with Crippen LogP contribution in [0.4, 0.5) is 0 Å². The van der Waals surface area contributed by atoms with Gasteiger partial charge in [-0.05, 0) is 36.8 Å². The molecule has 0 spiro atoms. The first kappa shape index (κ1) is 12.9. The van der Waals surface area contributed by atoms with E-state index in [0.29, 0.717) is 23.1 Å². The van der Waals surface area contributed by atoms with Crippen LogP contribution in [0, 0.1) is 11.8 Å². The first-order valence-corrected chi connectivity index (χ1v) is 6.92. The molecule has 1 aromatic heterocycles. The highest BCUT2D eigenvalue weighted by Crippen LogP contribution is 2.37. The lowest BCUT2D eigenvalue weighted by atomic mass is 10.0. The van der Waals surface area contributed by atoms with Crippen LogP contribution in [0.15, 0.2) is 23.5 Å². The van der Waals surface area contributed by atoms with E-state index in [-0.39, 0.29) is 11.7 Å². The van der Waals surface area contributed by atoms with Crippen molar-refractivity contribution in [3.8, 4) is 0 Å². The SMILES string of the molecule is N/C(=N/O)c1ccc(C(=O)N2CC3CCCC3C2)nc1. The number of amides is 1. The molecular weight excluding hydrogens is 256 g/mol. The Morgan fingerprint density at radius 2 is 2.05 bits per heavy atom. The highest BCUT2D eigenvalue weighted by molar-refractivity contribution is 5.98. The lowest BCUT2D eigenvalue weighted by Crippen LogP contribution is -2.30. The van der Waals surface area contributed by atoms with E-state index in [2.05, 4.69) is 10.1 Å². The number of hydrogen-bond donors (Lipinski definition) is 2. The van der Waals surface area contributed by atoms with Gasteiger partial charge in [0.25, 0.3) is 5.91 Å². The Hall–Kier alpha value is -2.11. The van der Waals surface area contributed by atoms with Crippen LogP contribution in [0.5, 0.6) is 0 Å². The topological polar surface area (TPSA) is 91.8 Å². The molecule has 1 saturated carbocycles. The Balaban J connectivity index is 1.71. The Morgan fingerprint density at radius 3 is 2.60 bits per heavy atom. The molecule has 20 heavy (non-hydrogen) atoms. The summed E-state index contributed by atoms with van der Waals surface area (Å²) in [5, 5.41) is 11.5. The first-order valence-electron chi connectivity index (χ1n) is 6.92. The molecule has 1 aliphatic carbocycles. The third-order valence-corrected chi connectivity index (χ3v) is 4.40. The minimum absolute atomic E-state index is 0.00722. The minimum Gasteiger partial charge on any atom is -0.409 e. The molecule has 2 aliphatic rings. The molecule has 106 valence electrons. The highest BCUT2D eigenvalue weighted by atomic mass is 16.4. The fraction of sp³-hybridized carbons (Fsp3) is 0.500. The Labute approximate surface area is 117 Å². The van der Waals surface area contributed by atoms with Gasteiger partial charge in [0.2, 0.25) is 0 Å². The third-order valence-electron chi connectivity index (χ3n) is 4.40. The molecule has 2 unspecified atom stereocenters. The summed E-state index contributed by atoms with van der Waals surface area (Å²) >= 11 is 0. The monoisotopic (exact) mass is 274 g/mol.